The van der Waals surface area contributed by atoms with Gasteiger partial charge in [-0.05, 0) is 61.4 Å². The van der Waals surface area contributed by atoms with Crippen molar-refractivity contribution in [3.05, 3.63) is 66.8 Å². The Morgan fingerprint density at radius 3 is 2.67 bits per heavy atom. The Bertz CT molecular complexity index is 1360. The number of hydrogen-bond donors (Lipinski definition) is 1. The molecule has 6 rings (SSSR count). The summed E-state index contributed by atoms with van der Waals surface area (Å²) in [6, 6.07) is 13.4. The van der Waals surface area contributed by atoms with Gasteiger partial charge in [0.25, 0.3) is 5.91 Å². The molecule has 0 aliphatic carbocycles. The van der Waals surface area contributed by atoms with Gasteiger partial charge >= 0.3 is 5.97 Å². The van der Waals surface area contributed by atoms with Gasteiger partial charge in [0.2, 0.25) is 5.91 Å². The summed E-state index contributed by atoms with van der Waals surface area (Å²) in [6.07, 6.45) is 13.0. The van der Waals surface area contributed by atoms with E-state index in [2.05, 4.69) is 12.2 Å². The lowest BCUT2D eigenvalue weighted by Gasteiger charge is -2.35. The summed E-state index contributed by atoms with van der Waals surface area (Å²) in [5.41, 5.74) is 0.794. The van der Waals surface area contributed by atoms with Crippen LogP contribution >= 0.6 is 11.8 Å². The number of fused-ring (bicyclic) bond motifs is 3. The first-order valence-corrected chi connectivity index (χ1v) is 15.3. The van der Waals surface area contributed by atoms with Crippen LogP contribution in [0.15, 0.2) is 66.8 Å². The number of unbranched alkanes of at least 4 members (excludes halogenated alkanes) is 2. The lowest BCUT2D eigenvalue weighted by molar-refractivity contribution is -0.153. The third-order valence-corrected chi connectivity index (χ3v) is 10.4. The van der Waals surface area contributed by atoms with Crippen LogP contribution in [0.25, 0.3) is 10.8 Å². The Hall–Kier alpha value is -3.10. The number of anilines is 1. The zero-order valence-corrected chi connectivity index (χ0v) is 23.4. The standard InChI is InChI=1S/C32H36N2O5S/c35-19-8-3-7-17-34-28-30(37)33(24-15-14-22-11-5-6-12-23(22)21-24)18-10-16-32(28)27(29(34)36)26-25(40-32)13-4-1-2-9-20-39-31(26)38/h4-6,10-16,21,25-28,35H,1-3,7-9,17-20H2/b13-4-/t25-,26+,27-,28?,32-/m0/s1. The fourth-order valence-corrected chi connectivity index (χ4v) is 8.81. The molecular formula is C32H36N2O5S. The highest BCUT2D eigenvalue weighted by Gasteiger charge is 2.70. The lowest BCUT2D eigenvalue weighted by Crippen LogP contribution is -2.53. The minimum Gasteiger partial charge on any atom is -0.465 e. The van der Waals surface area contributed by atoms with Crippen LogP contribution in [-0.4, -0.2) is 70.1 Å². The molecule has 7 nitrogen and oxygen atoms in total. The third-order valence-electron chi connectivity index (χ3n) is 8.70. The second-order valence-electron chi connectivity index (χ2n) is 11.1. The van der Waals surface area contributed by atoms with Gasteiger partial charge in [0.15, 0.2) is 0 Å². The monoisotopic (exact) mass is 560 g/mol. The molecule has 0 aromatic heterocycles. The molecule has 1 spiro atoms. The summed E-state index contributed by atoms with van der Waals surface area (Å²) in [5, 5.41) is 11.2. The van der Waals surface area contributed by atoms with Crippen molar-refractivity contribution in [2.75, 3.05) is 31.2 Å². The highest BCUT2D eigenvalue weighted by atomic mass is 32.2. The van der Waals surface area contributed by atoms with Gasteiger partial charge in [-0.25, -0.2) is 0 Å². The molecule has 2 amide bonds. The fraction of sp³-hybridized carbons (Fsp3) is 0.469. The normalized spacial score (nSPS) is 31.0. The predicted molar refractivity (Wildman–Crippen MR) is 157 cm³/mol. The maximum Gasteiger partial charge on any atom is 0.311 e. The minimum atomic E-state index is -0.858. The molecule has 5 atom stereocenters. The molecule has 210 valence electrons. The maximum atomic E-state index is 14.6. The average molecular weight is 561 g/mol. The zero-order chi connectivity index (χ0) is 27.7. The Labute approximate surface area is 239 Å². The highest BCUT2D eigenvalue weighted by molar-refractivity contribution is 8.02. The Balaban J connectivity index is 1.41. The van der Waals surface area contributed by atoms with Crippen molar-refractivity contribution in [3.8, 4) is 0 Å². The average Bonchev–Trinajstić information content (AvgIpc) is 3.35. The number of amides is 2. The number of allylic oxidation sites excluding steroid dienone is 1. The summed E-state index contributed by atoms with van der Waals surface area (Å²) in [7, 11) is 0. The highest BCUT2D eigenvalue weighted by Crippen LogP contribution is 2.60. The van der Waals surface area contributed by atoms with E-state index in [1.807, 2.05) is 54.6 Å². The van der Waals surface area contributed by atoms with Gasteiger partial charge in [-0.3, -0.25) is 14.4 Å². The minimum absolute atomic E-state index is 0.0964. The first-order valence-electron chi connectivity index (χ1n) is 14.5. The van der Waals surface area contributed by atoms with E-state index in [9.17, 15) is 19.5 Å². The number of aliphatic hydroxyl groups is 1. The van der Waals surface area contributed by atoms with Gasteiger partial charge in [-0.1, -0.05) is 54.6 Å². The molecule has 8 heteroatoms. The van der Waals surface area contributed by atoms with Crippen molar-refractivity contribution in [2.24, 2.45) is 11.8 Å². The SMILES string of the molecule is O=C1OCCCC/C=C\[C@@H]2S[C@]34C=CCN(c5ccc6ccccc6c5)C(=O)C3N(CCCCCO)C(=O)[C@@H]4[C@H]12. The van der Waals surface area contributed by atoms with Crippen molar-refractivity contribution in [3.63, 3.8) is 0 Å². The van der Waals surface area contributed by atoms with Gasteiger partial charge in [0.05, 0.1) is 23.2 Å². The first-order chi connectivity index (χ1) is 19.5. The van der Waals surface area contributed by atoms with Gasteiger partial charge < -0.3 is 19.6 Å². The number of thioether (sulfide) groups is 1. The van der Waals surface area contributed by atoms with E-state index in [1.54, 1.807) is 21.6 Å². The van der Waals surface area contributed by atoms with Crippen LogP contribution in [0.1, 0.15) is 38.5 Å². The lowest BCUT2D eigenvalue weighted by atomic mass is 9.78. The molecule has 2 fully saturated rings. The predicted octanol–water partition coefficient (Wildman–Crippen LogP) is 4.49. The summed E-state index contributed by atoms with van der Waals surface area (Å²) >= 11 is 1.58. The number of ether oxygens (including phenoxy) is 1. The van der Waals surface area contributed by atoms with Gasteiger partial charge in [0, 0.05) is 30.6 Å². The number of benzene rings is 2. The van der Waals surface area contributed by atoms with Crippen LogP contribution in [0.4, 0.5) is 5.69 Å². The number of esters is 1. The second kappa shape index (κ2) is 11.4. The second-order valence-corrected chi connectivity index (χ2v) is 12.6. The van der Waals surface area contributed by atoms with E-state index in [4.69, 9.17) is 4.74 Å². The van der Waals surface area contributed by atoms with Crippen LogP contribution in [0.3, 0.4) is 0 Å². The molecule has 0 bridgehead atoms. The number of aliphatic hydroxyl groups excluding tert-OH is 1. The molecule has 1 unspecified atom stereocenters. The third kappa shape index (κ3) is 4.65. The van der Waals surface area contributed by atoms with Crippen molar-refractivity contribution < 1.29 is 24.2 Å². The van der Waals surface area contributed by atoms with Crippen LogP contribution < -0.4 is 4.90 Å². The number of carbonyl (C=O) groups excluding carboxylic acids is 3. The largest absolute Gasteiger partial charge is 0.465 e. The molecule has 2 aromatic carbocycles. The van der Waals surface area contributed by atoms with Crippen LogP contribution in [0.5, 0.6) is 0 Å². The number of rotatable bonds is 6. The first kappa shape index (κ1) is 27.1. The van der Waals surface area contributed by atoms with Crippen molar-refractivity contribution in [1.29, 1.82) is 0 Å². The number of likely N-dealkylation sites (tertiary alicyclic amines) is 1. The molecule has 4 aliphatic heterocycles. The maximum absolute atomic E-state index is 14.6. The Morgan fingerprint density at radius 2 is 1.82 bits per heavy atom. The van der Waals surface area contributed by atoms with E-state index in [0.29, 0.717) is 32.5 Å². The number of cyclic esters (lactones) is 1. The zero-order valence-electron chi connectivity index (χ0n) is 22.6. The summed E-state index contributed by atoms with van der Waals surface area (Å²) in [6.45, 7) is 1.26. The van der Waals surface area contributed by atoms with E-state index in [0.717, 1.165) is 42.1 Å². The molecular weight excluding hydrogens is 524 g/mol. The summed E-state index contributed by atoms with van der Waals surface area (Å²) in [4.78, 5) is 45.8. The molecule has 4 heterocycles. The topological polar surface area (TPSA) is 87.2 Å². The number of carbonyl (C=O) groups is 3. The fourth-order valence-electron chi connectivity index (χ4n) is 6.80. The molecule has 1 N–H and O–H groups in total. The molecule has 0 saturated carbocycles. The van der Waals surface area contributed by atoms with E-state index in [1.165, 1.54) is 0 Å². The van der Waals surface area contributed by atoms with Gasteiger partial charge in [-0.15, -0.1) is 11.8 Å². The summed E-state index contributed by atoms with van der Waals surface area (Å²) in [5.74, 6) is -1.90. The molecule has 0 radical (unpaired) electrons. The van der Waals surface area contributed by atoms with Crippen molar-refractivity contribution in [1.82, 2.24) is 4.90 Å². The molecule has 40 heavy (non-hydrogen) atoms. The number of hydrogen-bond acceptors (Lipinski definition) is 6. The smallest absolute Gasteiger partial charge is 0.311 e. The van der Waals surface area contributed by atoms with Gasteiger partial charge in [0.1, 0.15) is 6.04 Å². The molecule has 2 saturated heterocycles. The van der Waals surface area contributed by atoms with E-state index in [-0.39, 0.29) is 29.6 Å². The van der Waals surface area contributed by atoms with E-state index < -0.39 is 22.6 Å². The Morgan fingerprint density at radius 1 is 0.975 bits per heavy atom. The van der Waals surface area contributed by atoms with E-state index >= 15 is 0 Å². The van der Waals surface area contributed by atoms with Gasteiger partial charge in [-0.2, -0.15) is 0 Å². The van der Waals surface area contributed by atoms with Crippen LogP contribution in [0, 0.1) is 11.8 Å². The van der Waals surface area contributed by atoms with Crippen LogP contribution in [0.2, 0.25) is 0 Å². The number of nitrogens with zero attached hydrogens (tertiary/aromatic N) is 2. The Kier molecular flexibility index (Phi) is 7.73. The molecule has 2 aromatic rings. The van der Waals surface area contributed by atoms with Crippen LogP contribution in [-0.2, 0) is 19.1 Å². The summed E-state index contributed by atoms with van der Waals surface area (Å²) < 4.78 is 4.84. The van der Waals surface area contributed by atoms with Crippen molar-refractivity contribution in [2.45, 2.75) is 54.6 Å². The van der Waals surface area contributed by atoms with Crippen molar-refractivity contribution >= 4 is 46.0 Å². The quantitative estimate of drug-likeness (QED) is 0.318. The molecule has 4 aliphatic rings.